The molecular formula is C14H12BrFN2S. The summed E-state index contributed by atoms with van der Waals surface area (Å²) in [6, 6.07) is 12.0. The molecule has 0 saturated heterocycles. The van der Waals surface area contributed by atoms with Crippen LogP contribution in [0.2, 0.25) is 0 Å². The molecule has 98 valence electrons. The summed E-state index contributed by atoms with van der Waals surface area (Å²) in [6.45, 7) is 0. The maximum absolute atomic E-state index is 13.0. The normalized spacial score (nSPS) is 10.3. The molecule has 0 heterocycles. The summed E-state index contributed by atoms with van der Waals surface area (Å²) in [6.07, 6.45) is 0. The van der Waals surface area contributed by atoms with Crippen molar-refractivity contribution in [3.63, 3.8) is 0 Å². The molecule has 2 rings (SSSR count). The van der Waals surface area contributed by atoms with Crippen LogP contribution in [0.5, 0.6) is 0 Å². The first-order chi connectivity index (χ1) is 9.00. The van der Waals surface area contributed by atoms with E-state index in [4.69, 9.17) is 18.0 Å². The molecular weight excluding hydrogens is 327 g/mol. The average Bonchev–Trinajstić information content (AvgIpc) is 2.38. The predicted molar refractivity (Wildman–Crippen MR) is 84.5 cm³/mol. The summed E-state index contributed by atoms with van der Waals surface area (Å²) in [7, 11) is 1.89. The average molecular weight is 339 g/mol. The number of nitrogens with zero attached hydrogens (tertiary/aromatic N) is 1. The highest BCUT2D eigenvalue weighted by atomic mass is 79.9. The molecule has 0 radical (unpaired) electrons. The van der Waals surface area contributed by atoms with Crippen LogP contribution >= 0.6 is 28.1 Å². The van der Waals surface area contributed by atoms with Gasteiger partial charge in [-0.3, -0.25) is 0 Å². The van der Waals surface area contributed by atoms with Crippen LogP contribution in [0.1, 0.15) is 5.56 Å². The predicted octanol–water partition coefficient (Wildman–Crippen LogP) is 3.99. The maximum atomic E-state index is 13.0. The monoisotopic (exact) mass is 338 g/mol. The number of rotatable bonds is 3. The molecule has 0 spiro atoms. The van der Waals surface area contributed by atoms with Gasteiger partial charge in [-0.15, -0.1) is 0 Å². The lowest BCUT2D eigenvalue weighted by Crippen LogP contribution is -2.18. The van der Waals surface area contributed by atoms with Crippen LogP contribution in [0.3, 0.4) is 0 Å². The fraction of sp³-hybridized carbons (Fsp3) is 0.0714. The Labute approximate surface area is 125 Å². The number of thiocarbonyl (C=S) groups is 1. The van der Waals surface area contributed by atoms with Gasteiger partial charge in [-0.05, 0) is 52.3 Å². The molecule has 2 nitrogen and oxygen atoms in total. The molecule has 19 heavy (non-hydrogen) atoms. The van der Waals surface area contributed by atoms with Gasteiger partial charge in [0.05, 0.1) is 5.69 Å². The van der Waals surface area contributed by atoms with Gasteiger partial charge in [0.2, 0.25) is 0 Å². The topological polar surface area (TPSA) is 29.3 Å². The Morgan fingerprint density at radius 1 is 1.21 bits per heavy atom. The van der Waals surface area contributed by atoms with Crippen molar-refractivity contribution in [1.82, 2.24) is 0 Å². The molecule has 0 saturated carbocycles. The number of hydrogen-bond donors (Lipinski definition) is 1. The Bertz CT molecular complexity index is 613. The van der Waals surface area contributed by atoms with Crippen LogP contribution in [0, 0.1) is 5.82 Å². The number of anilines is 2. The lowest BCUT2D eigenvalue weighted by Gasteiger charge is -2.23. The van der Waals surface area contributed by atoms with Crippen LogP contribution in [0.25, 0.3) is 0 Å². The second-order valence-electron chi connectivity index (χ2n) is 4.03. The smallest absolute Gasteiger partial charge is 0.123 e. The van der Waals surface area contributed by atoms with Gasteiger partial charge in [0, 0.05) is 22.8 Å². The highest BCUT2D eigenvalue weighted by molar-refractivity contribution is 9.10. The van der Waals surface area contributed by atoms with Gasteiger partial charge in [0.15, 0.2) is 0 Å². The highest BCUT2D eigenvalue weighted by Gasteiger charge is 2.14. The van der Waals surface area contributed by atoms with Gasteiger partial charge >= 0.3 is 0 Å². The van der Waals surface area contributed by atoms with E-state index in [9.17, 15) is 4.39 Å². The first-order valence-electron chi connectivity index (χ1n) is 5.58. The minimum Gasteiger partial charge on any atom is -0.389 e. The largest absolute Gasteiger partial charge is 0.389 e. The molecule has 2 N–H and O–H groups in total. The quantitative estimate of drug-likeness (QED) is 0.858. The zero-order valence-electron chi connectivity index (χ0n) is 10.2. The van der Waals surface area contributed by atoms with E-state index in [1.165, 1.54) is 12.1 Å². The summed E-state index contributed by atoms with van der Waals surface area (Å²) in [5, 5.41) is 0. The second-order valence-corrected chi connectivity index (χ2v) is 5.33. The summed E-state index contributed by atoms with van der Waals surface area (Å²) < 4.78 is 13.8. The van der Waals surface area contributed by atoms with Crippen molar-refractivity contribution in [2.24, 2.45) is 5.73 Å². The molecule has 0 aliphatic heterocycles. The molecule has 2 aromatic carbocycles. The van der Waals surface area contributed by atoms with Crippen LogP contribution in [-0.4, -0.2) is 12.0 Å². The van der Waals surface area contributed by atoms with Crippen molar-refractivity contribution in [2.75, 3.05) is 11.9 Å². The molecule has 0 aliphatic rings. The second kappa shape index (κ2) is 5.67. The van der Waals surface area contributed by atoms with Gasteiger partial charge < -0.3 is 10.6 Å². The molecule has 0 bridgehead atoms. The van der Waals surface area contributed by atoms with E-state index < -0.39 is 0 Å². The summed E-state index contributed by atoms with van der Waals surface area (Å²) in [4.78, 5) is 2.23. The van der Waals surface area contributed by atoms with Crippen molar-refractivity contribution in [1.29, 1.82) is 0 Å². The first kappa shape index (κ1) is 14.0. The molecule has 0 fully saturated rings. The van der Waals surface area contributed by atoms with Gasteiger partial charge in [-0.1, -0.05) is 18.3 Å². The number of halogens is 2. The molecule has 0 atom stereocenters. The van der Waals surface area contributed by atoms with Crippen LogP contribution in [0.4, 0.5) is 15.8 Å². The minimum atomic E-state index is -0.263. The zero-order chi connectivity index (χ0) is 14.0. The van der Waals surface area contributed by atoms with Crippen molar-refractivity contribution < 1.29 is 4.39 Å². The van der Waals surface area contributed by atoms with Gasteiger partial charge in [0.1, 0.15) is 10.8 Å². The third-order valence-electron chi connectivity index (χ3n) is 2.81. The third-order valence-corrected chi connectivity index (χ3v) is 3.68. The van der Waals surface area contributed by atoms with Crippen molar-refractivity contribution in [2.45, 2.75) is 0 Å². The Morgan fingerprint density at radius 2 is 1.84 bits per heavy atom. The van der Waals surface area contributed by atoms with Crippen molar-refractivity contribution >= 4 is 44.5 Å². The van der Waals surface area contributed by atoms with Crippen LogP contribution < -0.4 is 10.6 Å². The lowest BCUT2D eigenvalue weighted by atomic mass is 10.1. The van der Waals surface area contributed by atoms with E-state index in [0.29, 0.717) is 4.99 Å². The number of nitrogens with two attached hydrogens (primary N) is 1. The first-order valence-corrected chi connectivity index (χ1v) is 6.78. The fourth-order valence-electron chi connectivity index (χ4n) is 1.84. The van der Waals surface area contributed by atoms with E-state index in [2.05, 4.69) is 15.9 Å². The number of benzene rings is 2. The Hall–Kier alpha value is -1.46. The maximum Gasteiger partial charge on any atom is 0.123 e. The fourth-order valence-corrected chi connectivity index (χ4v) is 2.76. The Kier molecular flexibility index (Phi) is 4.17. The van der Waals surface area contributed by atoms with E-state index in [0.717, 1.165) is 21.4 Å². The van der Waals surface area contributed by atoms with E-state index >= 15 is 0 Å². The SMILES string of the molecule is CN(c1ccc(F)cc1)c1cccc(Br)c1C(N)=S. The van der Waals surface area contributed by atoms with E-state index in [1.807, 2.05) is 30.1 Å². The molecule has 0 amide bonds. The standard InChI is InChI=1S/C14H12BrFN2S/c1-18(10-7-5-9(16)6-8-10)12-4-2-3-11(15)13(12)14(17)19/h2-8H,1H3,(H2,17,19). The van der Waals surface area contributed by atoms with E-state index in [1.54, 1.807) is 12.1 Å². The molecule has 0 aromatic heterocycles. The van der Waals surface area contributed by atoms with Crippen LogP contribution in [-0.2, 0) is 0 Å². The summed E-state index contributed by atoms with van der Waals surface area (Å²) >= 11 is 8.53. The van der Waals surface area contributed by atoms with E-state index in [-0.39, 0.29) is 5.82 Å². The van der Waals surface area contributed by atoms with Gasteiger partial charge in [-0.25, -0.2) is 4.39 Å². The van der Waals surface area contributed by atoms with Crippen molar-refractivity contribution in [3.8, 4) is 0 Å². The molecule has 0 unspecified atom stereocenters. The Balaban J connectivity index is 2.49. The van der Waals surface area contributed by atoms with Gasteiger partial charge in [0.25, 0.3) is 0 Å². The highest BCUT2D eigenvalue weighted by Crippen LogP contribution is 2.31. The van der Waals surface area contributed by atoms with Crippen LogP contribution in [0.15, 0.2) is 46.9 Å². The number of hydrogen-bond acceptors (Lipinski definition) is 2. The van der Waals surface area contributed by atoms with Gasteiger partial charge in [-0.2, -0.15) is 0 Å². The summed E-state index contributed by atoms with van der Waals surface area (Å²) in [5.41, 5.74) is 8.27. The molecule has 2 aromatic rings. The summed E-state index contributed by atoms with van der Waals surface area (Å²) in [5.74, 6) is -0.263. The van der Waals surface area contributed by atoms with Crippen molar-refractivity contribution in [3.05, 3.63) is 58.3 Å². The third kappa shape index (κ3) is 2.93. The zero-order valence-corrected chi connectivity index (χ0v) is 12.6. The molecule has 5 heteroatoms. The minimum absolute atomic E-state index is 0.263. The Morgan fingerprint density at radius 3 is 2.42 bits per heavy atom. The molecule has 0 aliphatic carbocycles. The lowest BCUT2D eigenvalue weighted by molar-refractivity contribution is 0.628.